The molecule has 2 aromatic rings. The van der Waals surface area contributed by atoms with Crippen LogP contribution >= 0.6 is 0 Å². The maximum Gasteiger partial charge on any atom is 0.408 e. The molecule has 9 nitrogen and oxygen atoms in total. The molecule has 1 unspecified atom stereocenters. The zero-order valence-electron chi connectivity index (χ0n) is 22.6. The average molecular weight is 548 g/mol. The van der Waals surface area contributed by atoms with Crippen molar-refractivity contribution < 1.29 is 37.0 Å². The molecular formula is C28H37NO8S. The number of hydrogen-bond donors (Lipinski definition) is 1. The number of sulfone groups is 1. The van der Waals surface area contributed by atoms with E-state index in [9.17, 15) is 22.8 Å². The van der Waals surface area contributed by atoms with Gasteiger partial charge >= 0.3 is 18.0 Å². The van der Waals surface area contributed by atoms with E-state index >= 15 is 0 Å². The summed E-state index contributed by atoms with van der Waals surface area (Å²) in [5.74, 6) is -2.90. The summed E-state index contributed by atoms with van der Waals surface area (Å²) >= 11 is 0. The standard InChI is InChI=1S/C28H37NO8S/c1-27(2,3)37-26(32)29-17-24(30)36-20-28(4,5)38(33,34)19-23(16-21-12-8-6-9-13-21)25(31)35-18-22-14-10-7-11-15-22/h6-15,23H,16-20H2,1-5H3,(H,29,32). The molecule has 1 amide bonds. The van der Waals surface area contributed by atoms with Crippen molar-refractivity contribution >= 4 is 27.9 Å². The zero-order chi connectivity index (χ0) is 28.4. The first kappa shape index (κ1) is 30.8. The Morgan fingerprint density at radius 2 is 1.39 bits per heavy atom. The van der Waals surface area contributed by atoms with Crippen LogP contribution in [0.3, 0.4) is 0 Å². The highest BCUT2D eigenvalue weighted by molar-refractivity contribution is 7.92. The molecule has 38 heavy (non-hydrogen) atoms. The highest BCUT2D eigenvalue weighted by atomic mass is 32.2. The van der Waals surface area contributed by atoms with Crippen molar-refractivity contribution in [3.05, 3.63) is 71.8 Å². The molecule has 0 saturated carbocycles. The van der Waals surface area contributed by atoms with Crippen LogP contribution in [0.2, 0.25) is 0 Å². The lowest BCUT2D eigenvalue weighted by atomic mass is 10.0. The van der Waals surface area contributed by atoms with Gasteiger partial charge in [-0.25, -0.2) is 13.2 Å². The molecule has 0 aliphatic heterocycles. The van der Waals surface area contributed by atoms with Crippen molar-refractivity contribution in [2.75, 3.05) is 18.9 Å². The number of carbonyl (C=O) groups is 3. The summed E-state index contributed by atoms with van der Waals surface area (Å²) in [5, 5.41) is 2.27. The van der Waals surface area contributed by atoms with Crippen molar-refractivity contribution in [3.8, 4) is 0 Å². The second-order valence-corrected chi connectivity index (χ2v) is 13.2. The summed E-state index contributed by atoms with van der Waals surface area (Å²) in [5.41, 5.74) is 0.846. The predicted molar refractivity (Wildman–Crippen MR) is 143 cm³/mol. The lowest BCUT2D eigenvalue weighted by Crippen LogP contribution is -2.43. The third-order valence-corrected chi connectivity index (χ3v) is 8.14. The van der Waals surface area contributed by atoms with Gasteiger partial charge in [-0.1, -0.05) is 60.7 Å². The number of ether oxygens (including phenoxy) is 3. The van der Waals surface area contributed by atoms with Crippen LogP contribution in [0, 0.1) is 5.92 Å². The van der Waals surface area contributed by atoms with E-state index in [1.165, 1.54) is 13.8 Å². The Kier molecular flexibility index (Phi) is 10.9. The quantitative estimate of drug-likeness (QED) is 0.314. The molecule has 0 aliphatic rings. The van der Waals surface area contributed by atoms with Crippen LogP contribution in [0.4, 0.5) is 4.79 Å². The van der Waals surface area contributed by atoms with Gasteiger partial charge in [-0.15, -0.1) is 0 Å². The monoisotopic (exact) mass is 547 g/mol. The molecular weight excluding hydrogens is 510 g/mol. The van der Waals surface area contributed by atoms with Gasteiger partial charge in [-0.2, -0.15) is 0 Å². The van der Waals surface area contributed by atoms with Gasteiger partial charge < -0.3 is 19.5 Å². The molecule has 1 atom stereocenters. The molecule has 0 fully saturated rings. The highest BCUT2D eigenvalue weighted by Gasteiger charge is 2.39. The molecule has 0 bridgehead atoms. The summed E-state index contributed by atoms with van der Waals surface area (Å²) in [6.45, 7) is 6.98. The molecule has 0 saturated heterocycles. The molecule has 0 spiro atoms. The Labute approximate surface area is 224 Å². The third-order valence-electron chi connectivity index (χ3n) is 5.50. The lowest BCUT2D eigenvalue weighted by Gasteiger charge is -2.27. The number of rotatable bonds is 12. The maximum atomic E-state index is 13.4. The Morgan fingerprint density at radius 3 is 1.95 bits per heavy atom. The van der Waals surface area contributed by atoms with E-state index in [4.69, 9.17) is 14.2 Å². The van der Waals surface area contributed by atoms with E-state index in [0.717, 1.165) is 11.1 Å². The number of alkyl carbamates (subject to hydrolysis) is 1. The van der Waals surface area contributed by atoms with E-state index in [-0.39, 0.29) is 13.0 Å². The number of benzene rings is 2. The average Bonchev–Trinajstić information content (AvgIpc) is 2.84. The second-order valence-electron chi connectivity index (χ2n) is 10.5. The Morgan fingerprint density at radius 1 is 0.842 bits per heavy atom. The fraction of sp³-hybridized carbons (Fsp3) is 0.464. The van der Waals surface area contributed by atoms with Crippen LogP contribution in [-0.4, -0.2) is 55.7 Å². The molecule has 208 valence electrons. The molecule has 0 aromatic heterocycles. The minimum absolute atomic E-state index is 0.0245. The number of carbonyl (C=O) groups excluding carboxylic acids is 3. The van der Waals surface area contributed by atoms with Gasteiger partial charge in [0.2, 0.25) is 0 Å². The number of hydrogen-bond acceptors (Lipinski definition) is 8. The van der Waals surface area contributed by atoms with Gasteiger partial charge in [0.1, 0.15) is 30.1 Å². The van der Waals surface area contributed by atoms with Crippen LogP contribution in [0.15, 0.2) is 60.7 Å². The Balaban J connectivity index is 2.04. The number of esters is 2. The van der Waals surface area contributed by atoms with Crippen LogP contribution in [0.1, 0.15) is 45.7 Å². The summed E-state index contributed by atoms with van der Waals surface area (Å²) < 4.78 is 40.9. The van der Waals surface area contributed by atoms with E-state index < -0.39 is 63.0 Å². The fourth-order valence-electron chi connectivity index (χ4n) is 3.30. The normalized spacial score (nSPS) is 12.8. The summed E-state index contributed by atoms with van der Waals surface area (Å²) in [6, 6.07) is 18.2. The van der Waals surface area contributed by atoms with Gasteiger partial charge in [0.25, 0.3) is 0 Å². The minimum atomic E-state index is -3.95. The van der Waals surface area contributed by atoms with E-state index in [1.807, 2.05) is 60.7 Å². The van der Waals surface area contributed by atoms with E-state index in [0.29, 0.717) is 0 Å². The van der Waals surface area contributed by atoms with E-state index in [1.54, 1.807) is 20.8 Å². The van der Waals surface area contributed by atoms with Gasteiger partial charge in [0.15, 0.2) is 9.84 Å². The van der Waals surface area contributed by atoms with E-state index in [2.05, 4.69) is 5.32 Å². The maximum absolute atomic E-state index is 13.4. The SMILES string of the molecule is CC(C)(C)OC(=O)NCC(=O)OCC(C)(C)S(=O)(=O)CC(Cc1ccccc1)C(=O)OCc1ccccc1. The van der Waals surface area contributed by atoms with Crippen molar-refractivity contribution in [3.63, 3.8) is 0 Å². The van der Waals surface area contributed by atoms with Crippen molar-refractivity contribution in [2.45, 2.75) is 58.0 Å². The van der Waals surface area contributed by atoms with Crippen LogP contribution in [-0.2, 0) is 46.7 Å². The molecule has 2 rings (SSSR count). The summed E-state index contributed by atoms with van der Waals surface area (Å²) in [4.78, 5) is 36.9. The first-order chi connectivity index (χ1) is 17.7. The van der Waals surface area contributed by atoms with Gasteiger partial charge in [0, 0.05) is 0 Å². The van der Waals surface area contributed by atoms with Crippen molar-refractivity contribution in [2.24, 2.45) is 5.92 Å². The Bertz CT molecular complexity index is 1170. The zero-order valence-corrected chi connectivity index (χ0v) is 23.4. The molecule has 10 heteroatoms. The summed E-state index contributed by atoms with van der Waals surface area (Å²) in [6.07, 6.45) is -0.622. The molecule has 0 heterocycles. The second kappa shape index (κ2) is 13.4. The van der Waals surface area contributed by atoms with Crippen molar-refractivity contribution in [1.82, 2.24) is 5.32 Å². The molecule has 1 N–H and O–H groups in total. The first-order valence-corrected chi connectivity index (χ1v) is 13.9. The number of nitrogens with one attached hydrogen (secondary N) is 1. The van der Waals surface area contributed by atoms with Crippen molar-refractivity contribution in [1.29, 1.82) is 0 Å². The fourth-order valence-corrected chi connectivity index (χ4v) is 4.77. The summed E-state index contributed by atoms with van der Waals surface area (Å²) in [7, 11) is -3.95. The predicted octanol–water partition coefficient (Wildman–Crippen LogP) is 3.85. The Hall–Kier alpha value is -3.40. The molecule has 0 aliphatic carbocycles. The van der Waals surface area contributed by atoms with Crippen LogP contribution in [0.5, 0.6) is 0 Å². The lowest BCUT2D eigenvalue weighted by molar-refractivity contribution is -0.149. The molecule has 0 radical (unpaired) electrons. The number of amides is 1. The topological polar surface area (TPSA) is 125 Å². The highest BCUT2D eigenvalue weighted by Crippen LogP contribution is 2.23. The first-order valence-electron chi connectivity index (χ1n) is 12.3. The third kappa shape index (κ3) is 10.5. The van der Waals surface area contributed by atoms with Gasteiger partial charge in [-0.3, -0.25) is 9.59 Å². The largest absolute Gasteiger partial charge is 0.463 e. The van der Waals surface area contributed by atoms with Gasteiger partial charge in [-0.05, 0) is 52.2 Å². The smallest absolute Gasteiger partial charge is 0.408 e. The van der Waals surface area contributed by atoms with Crippen LogP contribution in [0.25, 0.3) is 0 Å². The van der Waals surface area contributed by atoms with Gasteiger partial charge in [0.05, 0.1) is 11.7 Å². The minimum Gasteiger partial charge on any atom is -0.463 e. The molecule has 2 aromatic carbocycles. The van der Waals surface area contributed by atoms with Crippen LogP contribution < -0.4 is 5.32 Å².